The third-order valence-electron chi connectivity index (χ3n) is 8.92. The fourth-order valence-electron chi connectivity index (χ4n) is 6.60. The largest absolute Gasteiger partial charge is 1.00 e. The normalized spacial score (nSPS) is 23.6. The monoisotopic (exact) mass is 607 g/mol. The molecule has 212 valence electrons. The van der Waals surface area contributed by atoms with Gasteiger partial charge in [0.2, 0.25) is 5.60 Å². The van der Waals surface area contributed by atoms with Crippen molar-refractivity contribution in [1.29, 1.82) is 0 Å². The van der Waals surface area contributed by atoms with Crippen molar-refractivity contribution >= 4 is 11.9 Å². The first-order valence-corrected chi connectivity index (χ1v) is 13.9. The molecule has 6 nitrogen and oxygen atoms in total. The summed E-state index contributed by atoms with van der Waals surface area (Å²) in [4.78, 5) is 25.1. The maximum absolute atomic E-state index is 13.7. The van der Waals surface area contributed by atoms with E-state index in [1.54, 1.807) is 24.3 Å². The van der Waals surface area contributed by atoms with Crippen LogP contribution in [0.3, 0.4) is 0 Å². The number of aliphatic hydroxyl groups is 1. The Morgan fingerprint density at radius 2 is 1.35 bits per heavy atom. The van der Waals surface area contributed by atoms with E-state index in [-0.39, 0.29) is 29.1 Å². The molecule has 2 aliphatic heterocycles. The number of nitrogens with zero attached hydrogens (tertiary/aromatic N) is 1. The van der Waals surface area contributed by atoms with Gasteiger partial charge in [0.1, 0.15) is 12.6 Å². The van der Waals surface area contributed by atoms with Gasteiger partial charge in [-0.2, -0.15) is 0 Å². The summed E-state index contributed by atoms with van der Waals surface area (Å²) in [5.41, 5.74) is 1.57. The number of ether oxygens (including phenoxy) is 2. The van der Waals surface area contributed by atoms with Gasteiger partial charge < -0.3 is 36.0 Å². The molecule has 2 aliphatic rings. The number of carbonyl (C=O) groups is 2. The second-order valence-corrected chi connectivity index (χ2v) is 11.2. The first-order chi connectivity index (χ1) is 18.8. The van der Waals surface area contributed by atoms with Crippen molar-refractivity contribution in [2.75, 3.05) is 14.2 Å². The number of rotatable bonds is 9. The molecular formula is C33H38BrNO5. The Labute approximate surface area is 247 Å². The van der Waals surface area contributed by atoms with Crippen LogP contribution in [0, 0.1) is 0 Å². The van der Waals surface area contributed by atoms with E-state index >= 15 is 0 Å². The number of piperidine rings is 1. The Morgan fingerprint density at radius 1 is 0.850 bits per heavy atom. The van der Waals surface area contributed by atoms with Crippen molar-refractivity contribution in [3.8, 4) is 0 Å². The van der Waals surface area contributed by atoms with Crippen LogP contribution in [0.2, 0.25) is 0 Å². The summed E-state index contributed by atoms with van der Waals surface area (Å²) in [6.45, 7) is 0.922. The van der Waals surface area contributed by atoms with Gasteiger partial charge in [-0.1, -0.05) is 84.9 Å². The Balaban J connectivity index is 0.00000370. The van der Waals surface area contributed by atoms with Crippen molar-refractivity contribution < 1.29 is 45.6 Å². The third kappa shape index (κ3) is 6.02. The minimum absolute atomic E-state index is 0. The van der Waals surface area contributed by atoms with Crippen LogP contribution in [0.1, 0.15) is 54.4 Å². The van der Waals surface area contributed by atoms with E-state index < -0.39 is 11.6 Å². The highest BCUT2D eigenvalue weighted by Crippen LogP contribution is 2.44. The van der Waals surface area contributed by atoms with Crippen LogP contribution in [0.15, 0.2) is 84.9 Å². The molecule has 7 heteroatoms. The van der Waals surface area contributed by atoms with Gasteiger partial charge in [-0.15, -0.1) is 0 Å². The number of hydrogen-bond acceptors (Lipinski definition) is 5. The van der Waals surface area contributed by atoms with Crippen LogP contribution in [0.4, 0.5) is 0 Å². The molecule has 40 heavy (non-hydrogen) atoms. The summed E-state index contributed by atoms with van der Waals surface area (Å²) in [6.07, 6.45) is 4.63. The number of fused-ring (bicyclic) bond motifs is 2. The third-order valence-corrected chi connectivity index (χ3v) is 8.92. The molecular weight excluding hydrogens is 570 g/mol. The molecule has 2 bridgehead atoms. The Morgan fingerprint density at radius 3 is 1.85 bits per heavy atom. The van der Waals surface area contributed by atoms with E-state index in [2.05, 4.69) is 31.3 Å². The van der Waals surface area contributed by atoms with E-state index in [1.165, 1.54) is 12.7 Å². The molecule has 2 heterocycles. The lowest BCUT2D eigenvalue weighted by Crippen LogP contribution is -3.00. The molecule has 0 saturated carbocycles. The summed E-state index contributed by atoms with van der Waals surface area (Å²) in [7, 11) is 3.75. The van der Waals surface area contributed by atoms with Gasteiger partial charge in [0.25, 0.3) is 0 Å². The van der Waals surface area contributed by atoms with Crippen LogP contribution >= 0.6 is 0 Å². The fraction of sp³-hybridized carbons (Fsp3) is 0.394. The van der Waals surface area contributed by atoms with E-state index in [1.807, 2.05) is 36.4 Å². The van der Waals surface area contributed by atoms with Gasteiger partial charge >= 0.3 is 11.9 Å². The summed E-state index contributed by atoms with van der Waals surface area (Å²) in [5.74, 6) is -0.800. The molecule has 5 rings (SSSR count). The highest BCUT2D eigenvalue weighted by molar-refractivity contribution is 5.85. The van der Waals surface area contributed by atoms with E-state index in [4.69, 9.17) is 9.47 Å². The molecule has 3 aromatic rings. The number of quaternary nitrogens is 1. The lowest BCUT2D eigenvalue weighted by atomic mass is 9.86. The number of esters is 2. The number of carbonyl (C=O) groups excluding carboxylic acids is 2. The average molecular weight is 609 g/mol. The topological polar surface area (TPSA) is 72.8 Å². The molecule has 2 fully saturated rings. The second-order valence-electron chi connectivity index (χ2n) is 11.2. The lowest BCUT2D eigenvalue weighted by Gasteiger charge is -2.47. The molecule has 4 atom stereocenters. The Hall–Kier alpha value is -3.00. The number of hydrogen-bond donors (Lipinski definition) is 1. The van der Waals surface area contributed by atoms with E-state index in [0.717, 1.165) is 42.3 Å². The number of methoxy groups -OCH3 is 1. The minimum Gasteiger partial charge on any atom is -1.00 e. The zero-order valence-corrected chi connectivity index (χ0v) is 24.8. The lowest BCUT2D eigenvalue weighted by molar-refractivity contribution is -0.961. The first kappa shape index (κ1) is 30.0. The average Bonchev–Trinajstić information content (AvgIpc) is 3.12. The van der Waals surface area contributed by atoms with Crippen LogP contribution in [0.25, 0.3) is 0 Å². The van der Waals surface area contributed by atoms with Gasteiger partial charge in [0, 0.05) is 37.7 Å². The minimum atomic E-state index is -1.85. The molecule has 0 radical (unpaired) electrons. The van der Waals surface area contributed by atoms with Gasteiger partial charge in [0.05, 0.1) is 26.2 Å². The van der Waals surface area contributed by atoms with Crippen molar-refractivity contribution in [2.45, 2.75) is 68.9 Å². The van der Waals surface area contributed by atoms with E-state index in [0.29, 0.717) is 36.1 Å². The number of benzene rings is 3. The molecule has 0 aliphatic carbocycles. The van der Waals surface area contributed by atoms with Crippen LogP contribution < -0.4 is 17.0 Å². The van der Waals surface area contributed by atoms with Gasteiger partial charge in [-0.25, -0.2) is 4.79 Å². The zero-order valence-electron chi connectivity index (χ0n) is 23.2. The maximum Gasteiger partial charge on any atom is 0.347 e. The SMILES string of the molecule is COC(=O)CCc1ccc(C[N+]2(C)[C@@H]3CC[C@H]2CC(OC(=O)C(O)(c2ccccc2)c2ccccc2)C3)cc1.[Br-]. The molecule has 3 aromatic carbocycles. The van der Waals surface area contributed by atoms with E-state index in [9.17, 15) is 14.7 Å². The highest BCUT2D eigenvalue weighted by atomic mass is 79.9. The van der Waals surface area contributed by atoms with Crippen LogP contribution in [-0.2, 0) is 37.6 Å². The van der Waals surface area contributed by atoms with Crippen molar-refractivity contribution in [3.05, 3.63) is 107 Å². The smallest absolute Gasteiger partial charge is 0.347 e. The van der Waals surface area contributed by atoms with Crippen molar-refractivity contribution in [3.63, 3.8) is 0 Å². The predicted octanol–water partition coefficient (Wildman–Crippen LogP) is 1.92. The second kappa shape index (κ2) is 12.7. The molecule has 0 spiro atoms. The van der Waals surface area contributed by atoms with Crippen molar-refractivity contribution in [1.82, 2.24) is 0 Å². The predicted molar refractivity (Wildman–Crippen MR) is 148 cm³/mol. The Bertz CT molecular complexity index is 1230. The van der Waals surface area contributed by atoms with Gasteiger partial charge in [0.15, 0.2) is 0 Å². The zero-order chi connectivity index (χ0) is 27.5. The van der Waals surface area contributed by atoms with Gasteiger partial charge in [-0.05, 0) is 23.1 Å². The Kier molecular flexibility index (Phi) is 9.49. The van der Waals surface area contributed by atoms with Crippen LogP contribution in [0.5, 0.6) is 0 Å². The van der Waals surface area contributed by atoms with Gasteiger partial charge in [-0.3, -0.25) is 4.79 Å². The molecule has 0 aromatic heterocycles. The summed E-state index contributed by atoms with van der Waals surface area (Å²) >= 11 is 0. The van der Waals surface area contributed by atoms with Crippen molar-refractivity contribution in [2.24, 2.45) is 0 Å². The summed E-state index contributed by atoms with van der Waals surface area (Å²) < 4.78 is 11.8. The summed E-state index contributed by atoms with van der Waals surface area (Å²) in [5, 5.41) is 11.8. The molecule has 2 saturated heterocycles. The molecule has 2 unspecified atom stereocenters. The standard InChI is InChI=1S/C33H38NO5.BrH/c1-34(23-25-15-13-24(14-16-25)17-20-31(35)38-2)28-18-19-29(34)22-30(21-28)39-32(36)33(37,26-9-5-3-6-10-26)27-11-7-4-8-12-27;/h3-16,28-30,37H,17-23H2,1-2H3;1H/q+1;/p-1/t28-,29+,30?,34?;. The fourth-order valence-corrected chi connectivity index (χ4v) is 6.60. The number of aryl methyl sites for hydroxylation is 1. The summed E-state index contributed by atoms with van der Waals surface area (Å²) in [6, 6.07) is 27.5. The number of halogens is 1. The quantitative estimate of drug-likeness (QED) is 0.297. The highest BCUT2D eigenvalue weighted by Gasteiger charge is 2.53. The molecule has 1 N–H and O–H groups in total. The first-order valence-electron chi connectivity index (χ1n) is 13.9. The van der Waals surface area contributed by atoms with Crippen LogP contribution in [-0.4, -0.2) is 53.9 Å². The maximum atomic E-state index is 13.7. The molecule has 0 amide bonds.